The lowest BCUT2D eigenvalue weighted by Gasteiger charge is -1.99. The normalized spacial score (nSPS) is 11.2. The summed E-state index contributed by atoms with van der Waals surface area (Å²) in [7, 11) is 1.74. The lowest BCUT2D eigenvalue weighted by molar-refractivity contribution is 0.100. The number of amides is 1. The fourth-order valence-corrected chi connectivity index (χ4v) is 2.96. The number of hydrogen-bond donors (Lipinski definition) is 3. The number of H-pyrrole nitrogens is 1. The summed E-state index contributed by atoms with van der Waals surface area (Å²) in [5.41, 5.74) is 9.95. The van der Waals surface area contributed by atoms with Crippen LogP contribution in [0.1, 0.15) is 15.9 Å². The van der Waals surface area contributed by atoms with E-state index in [1.807, 2.05) is 31.2 Å². The quantitative estimate of drug-likeness (QED) is 0.529. The van der Waals surface area contributed by atoms with Crippen molar-refractivity contribution in [2.45, 2.75) is 6.92 Å². The Morgan fingerprint density at radius 1 is 1.19 bits per heavy atom. The van der Waals surface area contributed by atoms with Gasteiger partial charge in [-0.15, -0.1) is 0 Å². The van der Waals surface area contributed by atoms with Crippen molar-refractivity contribution < 1.29 is 9.90 Å². The highest BCUT2D eigenvalue weighted by atomic mass is 16.3. The summed E-state index contributed by atoms with van der Waals surface area (Å²) in [6.45, 7) is 2.00. The Balaban J connectivity index is 1.84. The number of carbonyl (C=O) groups excluding carboxylic acids is 1. The number of primary amides is 1. The lowest BCUT2D eigenvalue weighted by Crippen LogP contribution is -2.10. The predicted octanol–water partition coefficient (Wildman–Crippen LogP) is 2.74. The number of aromatic amines is 1. The van der Waals surface area contributed by atoms with Gasteiger partial charge in [-0.1, -0.05) is 29.8 Å². The van der Waals surface area contributed by atoms with Gasteiger partial charge in [-0.3, -0.25) is 9.48 Å². The molecule has 4 aromatic rings. The average molecular weight is 347 g/mol. The molecule has 4 rings (SSSR count). The highest BCUT2D eigenvalue weighted by molar-refractivity contribution is 5.96. The van der Waals surface area contributed by atoms with E-state index in [1.165, 1.54) is 0 Å². The van der Waals surface area contributed by atoms with Crippen molar-refractivity contribution in [1.29, 1.82) is 0 Å². The molecule has 0 radical (unpaired) electrons. The van der Waals surface area contributed by atoms with Gasteiger partial charge in [0.1, 0.15) is 11.4 Å². The Bertz CT molecular complexity index is 1140. The van der Waals surface area contributed by atoms with E-state index in [2.05, 4.69) is 15.1 Å². The van der Waals surface area contributed by atoms with Crippen molar-refractivity contribution in [2.24, 2.45) is 12.8 Å². The van der Waals surface area contributed by atoms with Crippen molar-refractivity contribution in [3.63, 3.8) is 0 Å². The van der Waals surface area contributed by atoms with Crippen LogP contribution in [0.25, 0.3) is 33.8 Å². The summed E-state index contributed by atoms with van der Waals surface area (Å²) in [6.07, 6.45) is 0. The number of fused-ring (bicyclic) bond motifs is 1. The smallest absolute Gasteiger partial charge is 0.248 e. The Kier molecular flexibility index (Phi) is 3.50. The number of carbonyl (C=O) groups is 1. The first-order valence-corrected chi connectivity index (χ1v) is 8.07. The molecule has 0 aliphatic heterocycles. The van der Waals surface area contributed by atoms with Gasteiger partial charge in [-0.25, -0.2) is 4.98 Å². The molecule has 0 saturated heterocycles. The van der Waals surface area contributed by atoms with Crippen LogP contribution >= 0.6 is 0 Å². The van der Waals surface area contributed by atoms with Crippen LogP contribution in [0, 0.1) is 6.92 Å². The van der Waals surface area contributed by atoms with Crippen LogP contribution in [0.2, 0.25) is 0 Å². The molecular formula is C19H17N5O2. The number of imidazole rings is 1. The van der Waals surface area contributed by atoms with Crippen molar-refractivity contribution in [3.8, 4) is 28.5 Å². The number of nitrogens with one attached hydrogen (secondary N) is 1. The Morgan fingerprint density at radius 3 is 2.62 bits per heavy atom. The van der Waals surface area contributed by atoms with Crippen LogP contribution in [0.3, 0.4) is 0 Å². The molecule has 1 amide bonds. The van der Waals surface area contributed by atoms with E-state index >= 15 is 0 Å². The van der Waals surface area contributed by atoms with Crippen molar-refractivity contribution >= 4 is 16.9 Å². The third-order valence-corrected chi connectivity index (χ3v) is 4.34. The van der Waals surface area contributed by atoms with Crippen molar-refractivity contribution in [3.05, 3.63) is 53.6 Å². The minimum atomic E-state index is -0.506. The molecule has 130 valence electrons. The Morgan fingerprint density at radius 2 is 1.92 bits per heavy atom. The maximum absolute atomic E-state index is 11.3. The van der Waals surface area contributed by atoms with Gasteiger partial charge in [0.25, 0.3) is 0 Å². The first kappa shape index (κ1) is 15.9. The van der Waals surface area contributed by atoms with E-state index in [-0.39, 0.29) is 5.75 Å². The third kappa shape index (κ3) is 2.50. The molecule has 0 bridgehead atoms. The molecule has 2 aromatic carbocycles. The van der Waals surface area contributed by atoms with Crippen molar-refractivity contribution in [1.82, 2.24) is 19.7 Å². The van der Waals surface area contributed by atoms with Crippen LogP contribution in [0.5, 0.6) is 5.75 Å². The van der Waals surface area contributed by atoms with Gasteiger partial charge in [-0.05, 0) is 25.1 Å². The van der Waals surface area contributed by atoms with E-state index in [1.54, 1.807) is 29.9 Å². The topological polar surface area (TPSA) is 110 Å². The highest BCUT2D eigenvalue weighted by Gasteiger charge is 2.21. The van der Waals surface area contributed by atoms with Gasteiger partial charge < -0.3 is 15.8 Å². The van der Waals surface area contributed by atoms with Gasteiger partial charge in [-0.2, -0.15) is 5.10 Å². The van der Waals surface area contributed by atoms with E-state index in [0.717, 1.165) is 11.1 Å². The largest absolute Gasteiger partial charge is 0.504 e. The molecule has 26 heavy (non-hydrogen) atoms. The molecule has 7 nitrogen and oxygen atoms in total. The summed E-state index contributed by atoms with van der Waals surface area (Å²) >= 11 is 0. The zero-order chi connectivity index (χ0) is 18.4. The molecule has 0 atom stereocenters. The summed E-state index contributed by atoms with van der Waals surface area (Å²) in [4.78, 5) is 19.0. The van der Waals surface area contributed by atoms with Crippen LogP contribution in [-0.4, -0.2) is 30.8 Å². The summed E-state index contributed by atoms with van der Waals surface area (Å²) in [5.74, 6) is 0.00565. The molecule has 0 unspecified atom stereocenters. The summed E-state index contributed by atoms with van der Waals surface area (Å²) in [6, 6.07) is 12.7. The molecule has 2 aromatic heterocycles. The first-order chi connectivity index (χ1) is 12.4. The van der Waals surface area contributed by atoms with Crippen LogP contribution in [0.15, 0.2) is 42.5 Å². The van der Waals surface area contributed by atoms with Crippen molar-refractivity contribution in [2.75, 3.05) is 0 Å². The zero-order valence-corrected chi connectivity index (χ0v) is 14.3. The Hall–Kier alpha value is -3.61. The number of benzene rings is 2. The molecule has 0 aliphatic rings. The number of hydrogen-bond acceptors (Lipinski definition) is 4. The summed E-state index contributed by atoms with van der Waals surface area (Å²) < 4.78 is 1.58. The molecule has 0 spiro atoms. The molecule has 7 heteroatoms. The van der Waals surface area contributed by atoms with Crippen LogP contribution in [0.4, 0.5) is 0 Å². The van der Waals surface area contributed by atoms with Gasteiger partial charge in [0.05, 0.1) is 11.0 Å². The second kappa shape index (κ2) is 5.73. The molecule has 4 N–H and O–H groups in total. The standard InChI is InChI=1S/C19H17N5O2/c1-10-3-5-11(6-4-10)15-17(25)16(24(2)23-15)19-21-13-8-7-12(18(20)26)9-14(13)22-19/h3-9,25H,1-2H3,(H2,20,26)(H,21,22). The number of aromatic nitrogens is 4. The number of nitrogens with two attached hydrogens (primary N) is 1. The summed E-state index contributed by atoms with van der Waals surface area (Å²) in [5, 5.41) is 15.2. The second-order valence-corrected chi connectivity index (χ2v) is 6.22. The van der Waals surface area contributed by atoms with E-state index < -0.39 is 5.91 Å². The Labute approximate surface area is 149 Å². The highest BCUT2D eigenvalue weighted by Crippen LogP contribution is 2.37. The molecular weight excluding hydrogens is 330 g/mol. The van der Waals surface area contributed by atoms with Gasteiger partial charge in [0, 0.05) is 18.2 Å². The second-order valence-electron chi connectivity index (χ2n) is 6.22. The fraction of sp³-hybridized carbons (Fsp3) is 0.105. The predicted molar refractivity (Wildman–Crippen MR) is 98.7 cm³/mol. The number of aryl methyl sites for hydroxylation is 2. The van der Waals surface area contributed by atoms with Gasteiger partial charge in [0.2, 0.25) is 5.91 Å². The molecule has 0 saturated carbocycles. The number of nitrogens with zero attached hydrogens (tertiary/aromatic N) is 3. The SMILES string of the molecule is Cc1ccc(-c2nn(C)c(-c3nc4ccc(C(N)=O)cc4[nH]3)c2O)cc1. The maximum atomic E-state index is 11.3. The van der Waals surface area contributed by atoms with Gasteiger partial charge in [0.15, 0.2) is 11.6 Å². The molecule has 0 fully saturated rings. The minimum absolute atomic E-state index is 0.0468. The minimum Gasteiger partial charge on any atom is -0.504 e. The van der Waals surface area contributed by atoms with Gasteiger partial charge >= 0.3 is 0 Å². The monoisotopic (exact) mass is 347 g/mol. The molecule has 2 heterocycles. The first-order valence-electron chi connectivity index (χ1n) is 8.07. The van der Waals surface area contributed by atoms with E-state index in [9.17, 15) is 9.90 Å². The van der Waals surface area contributed by atoms with E-state index in [4.69, 9.17) is 5.73 Å². The number of aromatic hydroxyl groups is 1. The zero-order valence-electron chi connectivity index (χ0n) is 14.3. The van der Waals surface area contributed by atoms with Crippen LogP contribution < -0.4 is 5.73 Å². The van der Waals surface area contributed by atoms with E-state index in [0.29, 0.717) is 33.8 Å². The lowest BCUT2D eigenvalue weighted by atomic mass is 10.1. The fourth-order valence-electron chi connectivity index (χ4n) is 2.96. The molecule has 0 aliphatic carbocycles. The van der Waals surface area contributed by atoms with Crippen LogP contribution in [-0.2, 0) is 7.05 Å². The third-order valence-electron chi connectivity index (χ3n) is 4.34. The maximum Gasteiger partial charge on any atom is 0.248 e. The average Bonchev–Trinajstić information content (AvgIpc) is 3.15. The number of rotatable bonds is 3.